The zero-order valence-electron chi connectivity index (χ0n) is 11.5. The van der Waals surface area contributed by atoms with E-state index in [0.717, 1.165) is 51.9 Å². The predicted molar refractivity (Wildman–Crippen MR) is 71.0 cm³/mol. The number of piperidine rings is 1. The first kappa shape index (κ1) is 14.5. The van der Waals surface area contributed by atoms with E-state index in [1.165, 1.54) is 12.8 Å². The van der Waals surface area contributed by atoms with E-state index in [1.807, 2.05) is 4.90 Å². The summed E-state index contributed by atoms with van der Waals surface area (Å²) < 4.78 is 0. The highest BCUT2D eigenvalue weighted by atomic mass is 16.2. The van der Waals surface area contributed by atoms with E-state index in [-0.39, 0.29) is 0 Å². The highest BCUT2D eigenvalue weighted by Gasteiger charge is 2.17. The minimum Gasteiger partial charge on any atom is -0.343 e. The SMILES string of the molecule is CCCN(CCC)C(=O)CCC1CCC[N]C1. The summed E-state index contributed by atoms with van der Waals surface area (Å²) in [6, 6.07) is 0. The minimum atomic E-state index is 0.347. The average molecular weight is 239 g/mol. The molecule has 1 fully saturated rings. The van der Waals surface area contributed by atoms with Gasteiger partial charge in [-0.1, -0.05) is 13.8 Å². The largest absolute Gasteiger partial charge is 0.343 e. The zero-order valence-corrected chi connectivity index (χ0v) is 11.5. The zero-order chi connectivity index (χ0) is 12.5. The predicted octanol–water partition coefficient (Wildman–Crippen LogP) is 2.43. The maximum absolute atomic E-state index is 12.1. The summed E-state index contributed by atoms with van der Waals surface area (Å²) in [6.07, 6.45) is 6.35. The third-order valence-corrected chi connectivity index (χ3v) is 3.42. The fourth-order valence-electron chi connectivity index (χ4n) is 2.48. The molecule has 1 aliphatic heterocycles. The number of rotatable bonds is 7. The molecule has 0 spiro atoms. The van der Waals surface area contributed by atoms with Crippen LogP contribution in [0.1, 0.15) is 52.4 Å². The lowest BCUT2D eigenvalue weighted by molar-refractivity contribution is -0.131. The fourth-order valence-corrected chi connectivity index (χ4v) is 2.48. The van der Waals surface area contributed by atoms with Crippen molar-refractivity contribution in [3.63, 3.8) is 0 Å². The monoisotopic (exact) mass is 239 g/mol. The van der Waals surface area contributed by atoms with Crippen LogP contribution in [0.2, 0.25) is 0 Å². The second-order valence-electron chi connectivity index (χ2n) is 5.06. The second kappa shape index (κ2) is 8.51. The van der Waals surface area contributed by atoms with Crippen molar-refractivity contribution < 1.29 is 4.79 Å². The summed E-state index contributed by atoms with van der Waals surface area (Å²) in [7, 11) is 0. The van der Waals surface area contributed by atoms with Gasteiger partial charge in [-0.2, -0.15) is 0 Å². The normalized spacial score (nSPS) is 20.2. The molecular weight excluding hydrogens is 212 g/mol. The Morgan fingerprint density at radius 3 is 2.53 bits per heavy atom. The van der Waals surface area contributed by atoms with Crippen LogP contribution in [0.3, 0.4) is 0 Å². The molecule has 1 radical (unpaired) electrons. The molecule has 0 saturated carbocycles. The first-order valence-corrected chi connectivity index (χ1v) is 7.19. The molecule has 3 heteroatoms. The number of nitrogens with zero attached hydrogens (tertiary/aromatic N) is 2. The van der Waals surface area contributed by atoms with Crippen LogP contribution in [0.25, 0.3) is 0 Å². The number of hydrogen-bond acceptors (Lipinski definition) is 1. The quantitative estimate of drug-likeness (QED) is 0.672. The molecule has 0 aromatic carbocycles. The van der Waals surface area contributed by atoms with Crippen LogP contribution in [0.15, 0.2) is 0 Å². The molecule has 0 aromatic heterocycles. The third-order valence-electron chi connectivity index (χ3n) is 3.42. The molecule has 3 nitrogen and oxygen atoms in total. The molecule has 0 N–H and O–H groups in total. The summed E-state index contributed by atoms with van der Waals surface area (Å²) >= 11 is 0. The molecule has 1 amide bonds. The molecule has 0 bridgehead atoms. The van der Waals surface area contributed by atoms with E-state index in [9.17, 15) is 4.79 Å². The molecule has 1 heterocycles. The van der Waals surface area contributed by atoms with Crippen molar-refractivity contribution in [2.75, 3.05) is 26.2 Å². The lowest BCUT2D eigenvalue weighted by atomic mass is 9.94. The lowest BCUT2D eigenvalue weighted by Crippen LogP contribution is -2.33. The lowest BCUT2D eigenvalue weighted by Gasteiger charge is -2.24. The van der Waals surface area contributed by atoms with Crippen molar-refractivity contribution in [2.45, 2.75) is 52.4 Å². The molecule has 1 unspecified atom stereocenters. The third kappa shape index (κ3) is 5.53. The van der Waals surface area contributed by atoms with Gasteiger partial charge >= 0.3 is 0 Å². The van der Waals surface area contributed by atoms with Gasteiger partial charge in [0.1, 0.15) is 0 Å². The van der Waals surface area contributed by atoms with Crippen molar-refractivity contribution in [1.82, 2.24) is 10.2 Å². The van der Waals surface area contributed by atoms with E-state index in [0.29, 0.717) is 11.8 Å². The molecular formula is C14H27N2O. The highest BCUT2D eigenvalue weighted by Crippen LogP contribution is 2.17. The van der Waals surface area contributed by atoms with Gasteiger partial charge in [0.15, 0.2) is 0 Å². The summed E-state index contributed by atoms with van der Waals surface area (Å²) in [5.74, 6) is 1.01. The van der Waals surface area contributed by atoms with Gasteiger partial charge in [-0.25, -0.2) is 5.32 Å². The van der Waals surface area contributed by atoms with E-state index in [4.69, 9.17) is 0 Å². The Balaban J connectivity index is 2.25. The topological polar surface area (TPSA) is 34.4 Å². The Morgan fingerprint density at radius 2 is 2.00 bits per heavy atom. The summed E-state index contributed by atoms with van der Waals surface area (Å²) in [4.78, 5) is 14.1. The summed E-state index contributed by atoms with van der Waals surface area (Å²) in [5.41, 5.74) is 0. The second-order valence-corrected chi connectivity index (χ2v) is 5.06. The Kier molecular flexibility index (Phi) is 7.25. The van der Waals surface area contributed by atoms with Crippen molar-refractivity contribution in [3.05, 3.63) is 0 Å². The average Bonchev–Trinajstić information content (AvgIpc) is 2.37. The van der Waals surface area contributed by atoms with Gasteiger partial charge < -0.3 is 4.90 Å². The van der Waals surface area contributed by atoms with Gasteiger partial charge in [0.2, 0.25) is 5.91 Å². The molecule has 0 aliphatic carbocycles. The van der Waals surface area contributed by atoms with Crippen LogP contribution < -0.4 is 5.32 Å². The van der Waals surface area contributed by atoms with E-state index < -0.39 is 0 Å². The van der Waals surface area contributed by atoms with Gasteiger partial charge in [0.05, 0.1) is 0 Å². The number of carbonyl (C=O) groups is 1. The van der Waals surface area contributed by atoms with Crippen LogP contribution in [-0.4, -0.2) is 37.0 Å². The molecule has 99 valence electrons. The van der Waals surface area contributed by atoms with Gasteiger partial charge in [-0.05, 0) is 38.0 Å². The molecule has 17 heavy (non-hydrogen) atoms. The molecule has 1 aliphatic rings. The Morgan fingerprint density at radius 1 is 1.29 bits per heavy atom. The minimum absolute atomic E-state index is 0.347. The maximum atomic E-state index is 12.1. The first-order valence-electron chi connectivity index (χ1n) is 7.19. The Bertz CT molecular complexity index is 206. The van der Waals surface area contributed by atoms with E-state index >= 15 is 0 Å². The van der Waals surface area contributed by atoms with Crippen molar-refractivity contribution >= 4 is 5.91 Å². The summed E-state index contributed by atoms with van der Waals surface area (Å²) in [5, 5.41) is 4.43. The van der Waals surface area contributed by atoms with Crippen molar-refractivity contribution in [3.8, 4) is 0 Å². The number of hydrogen-bond donors (Lipinski definition) is 0. The van der Waals surface area contributed by atoms with E-state index in [2.05, 4.69) is 19.2 Å². The van der Waals surface area contributed by atoms with Crippen molar-refractivity contribution in [2.24, 2.45) is 5.92 Å². The van der Waals surface area contributed by atoms with Crippen LogP contribution >= 0.6 is 0 Å². The van der Waals surface area contributed by atoms with Gasteiger partial charge in [-0.3, -0.25) is 4.79 Å². The standard InChI is InChI=1S/C14H27N2O/c1-3-10-16(11-4-2)14(17)8-7-13-6-5-9-15-12-13/h13H,3-12H2,1-2H3. The molecule has 1 saturated heterocycles. The molecule has 1 atom stereocenters. The molecule has 1 rings (SSSR count). The van der Waals surface area contributed by atoms with E-state index in [1.54, 1.807) is 0 Å². The number of carbonyl (C=O) groups excluding carboxylic acids is 1. The van der Waals surface area contributed by atoms with Crippen LogP contribution in [0, 0.1) is 5.92 Å². The highest BCUT2D eigenvalue weighted by molar-refractivity contribution is 5.76. The first-order chi connectivity index (χ1) is 8.27. The summed E-state index contributed by atoms with van der Waals surface area (Å²) in [6.45, 7) is 8.12. The van der Waals surface area contributed by atoms with Crippen LogP contribution in [0.4, 0.5) is 0 Å². The fraction of sp³-hybridized carbons (Fsp3) is 0.929. The molecule has 0 aromatic rings. The number of amides is 1. The van der Waals surface area contributed by atoms with Gasteiger partial charge in [0, 0.05) is 32.6 Å². The Hall–Kier alpha value is -0.570. The van der Waals surface area contributed by atoms with Crippen molar-refractivity contribution in [1.29, 1.82) is 0 Å². The van der Waals surface area contributed by atoms with Gasteiger partial charge in [0.25, 0.3) is 0 Å². The van der Waals surface area contributed by atoms with Crippen LogP contribution in [0.5, 0.6) is 0 Å². The maximum Gasteiger partial charge on any atom is 0.222 e. The van der Waals surface area contributed by atoms with Gasteiger partial charge in [-0.15, -0.1) is 0 Å². The Labute approximate surface area is 106 Å². The smallest absolute Gasteiger partial charge is 0.222 e. The van der Waals surface area contributed by atoms with Crippen LogP contribution in [-0.2, 0) is 4.79 Å².